The molecule has 4 heteroatoms. The molecule has 3 atom stereocenters. The van der Waals surface area contributed by atoms with Crippen molar-refractivity contribution in [2.45, 2.75) is 81.1 Å². The Morgan fingerprint density at radius 2 is 1.44 bits per heavy atom. The Labute approximate surface area is 152 Å². The van der Waals surface area contributed by atoms with Gasteiger partial charge in [-0.15, -0.1) is 0 Å². The molecule has 3 unspecified atom stereocenters. The van der Waals surface area contributed by atoms with E-state index in [2.05, 4.69) is 55.4 Å². The van der Waals surface area contributed by atoms with E-state index in [1.54, 1.807) is 0 Å². The molecule has 2 saturated carbocycles. The number of aliphatic carboxylic acids is 1. The Bertz CT molecular complexity index is 598. The first-order valence-corrected chi connectivity index (χ1v) is 9.32. The number of carboxylic acids is 1. The van der Waals surface area contributed by atoms with Crippen LogP contribution >= 0.6 is 0 Å². The largest absolute Gasteiger partial charge is 0.481 e. The van der Waals surface area contributed by atoms with Gasteiger partial charge in [0.25, 0.3) is 0 Å². The molecule has 0 aromatic heterocycles. The lowest BCUT2D eigenvalue weighted by Crippen LogP contribution is -2.39. The third-order valence-electron chi connectivity index (χ3n) is 7.56. The number of rotatable bonds is 6. The van der Waals surface area contributed by atoms with Gasteiger partial charge in [0.2, 0.25) is 0 Å². The number of esters is 1. The minimum Gasteiger partial charge on any atom is -0.481 e. The fourth-order valence-electron chi connectivity index (χ4n) is 5.57. The van der Waals surface area contributed by atoms with Gasteiger partial charge in [-0.3, -0.25) is 9.59 Å². The van der Waals surface area contributed by atoms with E-state index in [0.717, 1.165) is 6.42 Å². The minimum absolute atomic E-state index is 0.0505. The van der Waals surface area contributed by atoms with Gasteiger partial charge in [-0.25, -0.2) is 0 Å². The molecule has 0 radical (unpaired) electrons. The fourth-order valence-corrected chi connectivity index (χ4v) is 5.57. The molecule has 0 bridgehead atoms. The Morgan fingerprint density at radius 1 is 0.960 bits per heavy atom. The maximum atomic E-state index is 12.5. The highest BCUT2D eigenvalue weighted by atomic mass is 16.5. The summed E-state index contributed by atoms with van der Waals surface area (Å²) in [5.74, 6) is -0.841. The number of hydrogen-bond acceptors (Lipinski definition) is 3. The van der Waals surface area contributed by atoms with E-state index in [1.807, 2.05) is 0 Å². The Balaban J connectivity index is 2.34. The number of ether oxygens (including phenoxy) is 1. The molecular formula is C21H36O4. The van der Waals surface area contributed by atoms with Gasteiger partial charge in [0.1, 0.15) is 0 Å². The van der Waals surface area contributed by atoms with Gasteiger partial charge in [-0.1, -0.05) is 55.4 Å². The number of hydrogen-bond donors (Lipinski definition) is 1. The van der Waals surface area contributed by atoms with E-state index in [9.17, 15) is 14.7 Å². The first-order chi connectivity index (χ1) is 11.0. The maximum absolute atomic E-state index is 12.5. The van der Waals surface area contributed by atoms with Crippen LogP contribution in [0.15, 0.2) is 0 Å². The molecule has 0 aromatic carbocycles. The number of carbonyl (C=O) groups is 2. The second-order valence-electron chi connectivity index (χ2n) is 11.3. The summed E-state index contributed by atoms with van der Waals surface area (Å²) in [6.07, 6.45) is 2.82. The molecule has 0 saturated heterocycles. The van der Waals surface area contributed by atoms with Gasteiger partial charge in [0, 0.05) is 0 Å². The van der Waals surface area contributed by atoms with Crippen molar-refractivity contribution in [2.24, 2.45) is 32.5 Å². The molecule has 2 aliphatic rings. The van der Waals surface area contributed by atoms with Crippen LogP contribution in [-0.4, -0.2) is 24.2 Å². The van der Waals surface area contributed by atoms with Crippen molar-refractivity contribution in [1.82, 2.24) is 0 Å². The van der Waals surface area contributed by atoms with E-state index < -0.39 is 16.8 Å². The summed E-state index contributed by atoms with van der Waals surface area (Å²) in [6.45, 7) is 16.9. The molecule has 0 aliphatic heterocycles. The molecule has 25 heavy (non-hydrogen) atoms. The van der Waals surface area contributed by atoms with Gasteiger partial charge >= 0.3 is 11.9 Å². The minimum atomic E-state index is -0.703. The van der Waals surface area contributed by atoms with Crippen LogP contribution in [0.2, 0.25) is 0 Å². The van der Waals surface area contributed by atoms with Crippen LogP contribution in [0.5, 0.6) is 0 Å². The van der Waals surface area contributed by atoms with Crippen LogP contribution in [0.1, 0.15) is 81.1 Å². The Hall–Kier alpha value is -1.06. The lowest BCUT2D eigenvalue weighted by atomic mass is 9.63. The fraction of sp³-hybridized carbons (Fsp3) is 0.905. The third-order valence-corrected chi connectivity index (χ3v) is 7.56. The van der Waals surface area contributed by atoms with Crippen molar-refractivity contribution in [2.75, 3.05) is 7.11 Å². The van der Waals surface area contributed by atoms with Crippen molar-refractivity contribution in [3.63, 3.8) is 0 Å². The zero-order valence-electron chi connectivity index (χ0n) is 17.5. The van der Waals surface area contributed by atoms with Gasteiger partial charge < -0.3 is 9.84 Å². The molecule has 4 nitrogen and oxygen atoms in total. The average molecular weight is 353 g/mol. The molecule has 0 heterocycles. The molecule has 2 rings (SSSR count). The molecular weight excluding hydrogens is 316 g/mol. The van der Waals surface area contributed by atoms with Crippen LogP contribution in [0.4, 0.5) is 0 Å². The molecule has 1 N–H and O–H groups in total. The van der Waals surface area contributed by atoms with Crippen LogP contribution in [0.3, 0.4) is 0 Å². The summed E-state index contributed by atoms with van der Waals surface area (Å²) in [6, 6.07) is 0. The summed E-state index contributed by atoms with van der Waals surface area (Å²) in [7, 11) is 1.45. The van der Waals surface area contributed by atoms with Gasteiger partial charge in [-0.05, 0) is 47.3 Å². The standard InChI is InChI=1S/C21H36O4/c1-16(2,3)10-20(14(22)23)13-19(20,8)17(4,5)11-21(15(24)25-9)12-18(21,6)7/h10-13H2,1-9H3,(H,22,23). The van der Waals surface area contributed by atoms with Gasteiger partial charge in [-0.2, -0.15) is 0 Å². The monoisotopic (exact) mass is 352 g/mol. The summed E-state index contributed by atoms with van der Waals surface area (Å²) in [4.78, 5) is 24.8. The molecule has 0 spiro atoms. The van der Waals surface area contributed by atoms with E-state index in [1.165, 1.54) is 7.11 Å². The predicted molar refractivity (Wildman–Crippen MR) is 98.1 cm³/mol. The van der Waals surface area contributed by atoms with E-state index in [0.29, 0.717) is 19.3 Å². The van der Waals surface area contributed by atoms with E-state index in [-0.39, 0.29) is 27.6 Å². The number of methoxy groups -OCH3 is 1. The van der Waals surface area contributed by atoms with Crippen molar-refractivity contribution >= 4 is 11.9 Å². The molecule has 0 amide bonds. The van der Waals surface area contributed by atoms with Crippen molar-refractivity contribution < 1.29 is 19.4 Å². The first-order valence-electron chi connectivity index (χ1n) is 9.32. The van der Waals surface area contributed by atoms with Crippen LogP contribution < -0.4 is 0 Å². The zero-order chi connectivity index (χ0) is 19.7. The smallest absolute Gasteiger partial charge is 0.312 e. The molecule has 144 valence electrons. The maximum Gasteiger partial charge on any atom is 0.312 e. The topological polar surface area (TPSA) is 63.6 Å². The average Bonchev–Trinajstić information content (AvgIpc) is 3.19. The zero-order valence-corrected chi connectivity index (χ0v) is 17.5. The first kappa shape index (κ1) is 20.3. The lowest BCUT2D eigenvalue weighted by Gasteiger charge is -2.40. The molecule has 2 fully saturated rings. The quantitative estimate of drug-likeness (QED) is 0.690. The summed E-state index contributed by atoms with van der Waals surface area (Å²) < 4.78 is 5.12. The van der Waals surface area contributed by atoms with Gasteiger partial charge in [0.05, 0.1) is 17.9 Å². The third kappa shape index (κ3) is 2.80. The van der Waals surface area contributed by atoms with Gasteiger partial charge in [0.15, 0.2) is 0 Å². The Kier molecular flexibility index (Phi) is 4.24. The van der Waals surface area contributed by atoms with Crippen LogP contribution in [-0.2, 0) is 14.3 Å². The summed E-state index contributed by atoms with van der Waals surface area (Å²) in [5, 5.41) is 10.0. The second kappa shape index (κ2) is 5.23. The normalized spacial score (nSPS) is 36.7. The predicted octanol–water partition coefficient (Wildman–Crippen LogP) is 4.91. The number of carboxylic acid groups (broad SMARTS) is 1. The van der Waals surface area contributed by atoms with Crippen molar-refractivity contribution in [3.8, 4) is 0 Å². The van der Waals surface area contributed by atoms with E-state index >= 15 is 0 Å². The SMILES string of the molecule is COC(=O)C1(CC(C)(C)C2(C)CC2(CC(C)(C)C)C(=O)O)CC1(C)C. The summed E-state index contributed by atoms with van der Waals surface area (Å²) >= 11 is 0. The lowest BCUT2D eigenvalue weighted by molar-refractivity contribution is -0.151. The highest BCUT2D eigenvalue weighted by Gasteiger charge is 2.78. The molecule has 2 aliphatic carbocycles. The highest BCUT2D eigenvalue weighted by Crippen LogP contribution is 2.79. The molecule has 0 aromatic rings. The number of carbonyl (C=O) groups excluding carboxylic acids is 1. The van der Waals surface area contributed by atoms with Crippen molar-refractivity contribution in [3.05, 3.63) is 0 Å². The summed E-state index contributed by atoms with van der Waals surface area (Å²) in [5.41, 5.74) is -1.91. The Morgan fingerprint density at radius 3 is 1.76 bits per heavy atom. The van der Waals surface area contributed by atoms with Crippen LogP contribution in [0, 0.1) is 32.5 Å². The van der Waals surface area contributed by atoms with Crippen LogP contribution in [0.25, 0.3) is 0 Å². The highest BCUT2D eigenvalue weighted by molar-refractivity contribution is 5.82. The second-order valence-corrected chi connectivity index (χ2v) is 11.3. The van der Waals surface area contributed by atoms with E-state index in [4.69, 9.17) is 4.74 Å². The van der Waals surface area contributed by atoms with Crippen molar-refractivity contribution in [1.29, 1.82) is 0 Å².